The summed E-state index contributed by atoms with van der Waals surface area (Å²) in [4.78, 5) is 4.56. The molecule has 0 aliphatic carbocycles. The molecule has 0 saturated heterocycles. The highest BCUT2D eigenvalue weighted by molar-refractivity contribution is 6.30. The first kappa shape index (κ1) is 15.9. The van der Waals surface area contributed by atoms with Crippen molar-refractivity contribution < 1.29 is 9.52 Å². The number of benzene rings is 1. The molecule has 1 atom stereocenters. The molecule has 1 aromatic carbocycles. The smallest absolute Gasteiger partial charge is 0.226 e. The van der Waals surface area contributed by atoms with Crippen molar-refractivity contribution in [1.82, 2.24) is 14.8 Å². The molecular weight excluding hydrogens is 340 g/mol. The normalized spacial score (nSPS) is 16.2. The van der Waals surface area contributed by atoms with Crippen molar-refractivity contribution in [2.45, 2.75) is 18.9 Å². The van der Waals surface area contributed by atoms with Crippen molar-refractivity contribution in [2.24, 2.45) is 0 Å². The second-order valence-electron chi connectivity index (χ2n) is 5.80. The van der Waals surface area contributed by atoms with E-state index < -0.39 is 0 Å². The monoisotopic (exact) mass is 356 g/mol. The third kappa shape index (κ3) is 3.18. The minimum atomic E-state index is -0.188. The number of nitrogens with one attached hydrogen (secondary N) is 1. The van der Waals surface area contributed by atoms with Crippen molar-refractivity contribution in [2.75, 3.05) is 11.9 Å². The molecule has 128 valence electrons. The Morgan fingerprint density at radius 3 is 2.80 bits per heavy atom. The molecule has 1 aliphatic rings. The summed E-state index contributed by atoms with van der Waals surface area (Å²) >= 11 is 5.99. The van der Waals surface area contributed by atoms with Crippen molar-refractivity contribution in [3.05, 3.63) is 70.9 Å². The number of anilines is 1. The van der Waals surface area contributed by atoms with Gasteiger partial charge in [-0.1, -0.05) is 23.7 Å². The fourth-order valence-electron chi connectivity index (χ4n) is 2.84. The predicted molar refractivity (Wildman–Crippen MR) is 95.3 cm³/mol. The topological polar surface area (TPSA) is 76.1 Å². The Balaban J connectivity index is 1.74. The first-order valence-corrected chi connectivity index (χ1v) is 8.47. The highest BCUT2D eigenvalue weighted by Crippen LogP contribution is 2.33. The van der Waals surface area contributed by atoms with E-state index in [1.54, 1.807) is 6.26 Å². The lowest BCUT2D eigenvalue weighted by molar-refractivity contribution is 0.287. The first-order valence-electron chi connectivity index (χ1n) is 8.09. The number of hydrogen-bond acceptors (Lipinski definition) is 5. The van der Waals surface area contributed by atoms with E-state index in [2.05, 4.69) is 21.5 Å². The van der Waals surface area contributed by atoms with E-state index in [0.29, 0.717) is 29.6 Å². The number of furan rings is 1. The van der Waals surface area contributed by atoms with Gasteiger partial charge in [-0.3, -0.25) is 0 Å². The maximum atomic E-state index is 9.03. The summed E-state index contributed by atoms with van der Waals surface area (Å²) in [5.74, 6) is 2.13. The predicted octanol–water partition coefficient (Wildman–Crippen LogP) is 3.51. The molecule has 3 aromatic rings. The van der Waals surface area contributed by atoms with Gasteiger partial charge in [0, 0.05) is 23.7 Å². The largest absolute Gasteiger partial charge is 0.467 e. The number of nitrogens with zero attached hydrogens (tertiary/aromatic N) is 3. The van der Waals surface area contributed by atoms with Gasteiger partial charge in [-0.25, -0.2) is 4.68 Å². The Kier molecular flexibility index (Phi) is 4.29. The van der Waals surface area contributed by atoms with Gasteiger partial charge in [-0.2, -0.15) is 10.1 Å². The van der Waals surface area contributed by atoms with Gasteiger partial charge in [-0.15, -0.1) is 0 Å². The summed E-state index contributed by atoms with van der Waals surface area (Å²) in [6.45, 7) is 0.118. The lowest BCUT2D eigenvalue weighted by Gasteiger charge is -2.22. The van der Waals surface area contributed by atoms with E-state index in [0.717, 1.165) is 17.0 Å². The number of aliphatic hydroxyl groups is 1. The van der Waals surface area contributed by atoms with Crippen LogP contribution in [0.3, 0.4) is 0 Å². The molecule has 0 unspecified atom stereocenters. The van der Waals surface area contributed by atoms with E-state index in [-0.39, 0.29) is 12.6 Å². The third-order valence-electron chi connectivity index (χ3n) is 4.06. The van der Waals surface area contributed by atoms with Gasteiger partial charge < -0.3 is 14.8 Å². The Hall–Kier alpha value is -2.57. The van der Waals surface area contributed by atoms with E-state index >= 15 is 0 Å². The number of allylic oxidation sites excluding steroid dienone is 1. The summed E-state index contributed by atoms with van der Waals surface area (Å²) in [7, 11) is 0. The maximum absolute atomic E-state index is 9.03. The second kappa shape index (κ2) is 6.74. The molecule has 2 aromatic heterocycles. The highest BCUT2D eigenvalue weighted by Gasteiger charge is 2.26. The van der Waals surface area contributed by atoms with Crippen LogP contribution < -0.4 is 5.32 Å². The highest BCUT2D eigenvalue weighted by atomic mass is 35.5. The standard InChI is InChI=1S/C18H17ClN4O2/c19-13-7-5-12(6-8-13)14-11-15(16-3-2-10-25-16)23-18(20-14)21-17(22-23)4-1-9-24/h2-3,5-8,10-11,15,24H,1,4,9H2,(H,20,21,22)/t15-/m1/s1. The van der Waals surface area contributed by atoms with Gasteiger partial charge >= 0.3 is 0 Å². The number of rotatable bonds is 5. The number of halogens is 1. The van der Waals surface area contributed by atoms with Crippen LogP contribution in [0.2, 0.25) is 5.02 Å². The minimum absolute atomic E-state index is 0.118. The maximum Gasteiger partial charge on any atom is 0.226 e. The lowest BCUT2D eigenvalue weighted by atomic mass is 10.1. The molecule has 0 spiro atoms. The van der Waals surface area contributed by atoms with E-state index in [9.17, 15) is 0 Å². The van der Waals surface area contributed by atoms with Crippen LogP contribution in [0.1, 0.15) is 29.6 Å². The van der Waals surface area contributed by atoms with Gasteiger partial charge in [0.2, 0.25) is 5.95 Å². The summed E-state index contributed by atoms with van der Waals surface area (Å²) in [5, 5.41) is 17.6. The quantitative estimate of drug-likeness (QED) is 0.731. The van der Waals surface area contributed by atoms with Crippen LogP contribution in [0.15, 0.2) is 53.2 Å². The molecule has 0 fully saturated rings. The van der Waals surface area contributed by atoms with Crippen LogP contribution >= 0.6 is 11.6 Å². The molecule has 0 bridgehead atoms. The number of aromatic nitrogens is 3. The fourth-order valence-corrected chi connectivity index (χ4v) is 2.97. The van der Waals surface area contributed by atoms with Crippen LogP contribution in [0, 0.1) is 0 Å². The second-order valence-corrected chi connectivity index (χ2v) is 6.23. The summed E-state index contributed by atoms with van der Waals surface area (Å²) in [6.07, 6.45) is 4.96. The first-order chi connectivity index (χ1) is 12.2. The molecular formula is C18H17ClN4O2. The molecule has 25 heavy (non-hydrogen) atoms. The van der Waals surface area contributed by atoms with E-state index in [1.165, 1.54) is 0 Å². The average Bonchev–Trinajstić information content (AvgIpc) is 3.29. The molecule has 1 aliphatic heterocycles. The average molecular weight is 357 g/mol. The number of fused-ring (bicyclic) bond motifs is 1. The molecule has 0 radical (unpaired) electrons. The zero-order valence-corrected chi connectivity index (χ0v) is 14.1. The molecule has 7 heteroatoms. The molecule has 3 heterocycles. The number of aryl methyl sites for hydroxylation is 1. The molecule has 4 rings (SSSR count). The lowest BCUT2D eigenvalue weighted by Crippen LogP contribution is -2.19. The van der Waals surface area contributed by atoms with E-state index in [1.807, 2.05) is 41.1 Å². The molecule has 0 saturated carbocycles. The summed E-state index contributed by atoms with van der Waals surface area (Å²) < 4.78 is 7.41. The Bertz CT molecular complexity index is 884. The number of hydrogen-bond donors (Lipinski definition) is 2. The zero-order chi connectivity index (χ0) is 17.2. The Morgan fingerprint density at radius 2 is 2.08 bits per heavy atom. The van der Waals surface area contributed by atoms with Gasteiger partial charge in [-0.05, 0) is 42.3 Å². The van der Waals surface area contributed by atoms with Crippen LogP contribution in [0.4, 0.5) is 5.95 Å². The van der Waals surface area contributed by atoms with Crippen LogP contribution in [0.25, 0.3) is 5.70 Å². The van der Waals surface area contributed by atoms with Crippen molar-refractivity contribution in [3.63, 3.8) is 0 Å². The van der Waals surface area contributed by atoms with Gasteiger partial charge in [0.15, 0.2) is 5.82 Å². The van der Waals surface area contributed by atoms with Gasteiger partial charge in [0.1, 0.15) is 11.8 Å². The third-order valence-corrected chi connectivity index (χ3v) is 4.31. The van der Waals surface area contributed by atoms with Crippen LogP contribution in [-0.2, 0) is 6.42 Å². The van der Waals surface area contributed by atoms with E-state index in [4.69, 9.17) is 21.1 Å². The Labute approximate surface area is 149 Å². The van der Waals surface area contributed by atoms with Crippen molar-refractivity contribution in [1.29, 1.82) is 0 Å². The van der Waals surface area contributed by atoms with Gasteiger partial charge in [0.25, 0.3) is 0 Å². The zero-order valence-electron chi connectivity index (χ0n) is 13.4. The SMILES string of the molecule is OCCCc1nc2n(n1)[C@@H](c1ccco1)C=C(c1ccc(Cl)cc1)N2. The molecule has 6 nitrogen and oxygen atoms in total. The van der Waals surface area contributed by atoms with Crippen molar-refractivity contribution >= 4 is 23.2 Å². The van der Waals surface area contributed by atoms with Crippen molar-refractivity contribution in [3.8, 4) is 0 Å². The number of aliphatic hydroxyl groups excluding tert-OH is 1. The van der Waals surface area contributed by atoms with Crippen LogP contribution in [0.5, 0.6) is 0 Å². The molecule has 0 amide bonds. The van der Waals surface area contributed by atoms with Gasteiger partial charge in [0.05, 0.1) is 6.26 Å². The Morgan fingerprint density at radius 1 is 1.24 bits per heavy atom. The minimum Gasteiger partial charge on any atom is -0.467 e. The summed E-state index contributed by atoms with van der Waals surface area (Å²) in [6, 6.07) is 11.2. The summed E-state index contributed by atoms with van der Waals surface area (Å²) in [5.41, 5.74) is 1.93. The van der Waals surface area contributed by atoms with Crippen LogP contribution in [-0.4, -0.2) is 26.5 Å². The fraction of sp³-hybridized carbons (Fsp3) is 0.222. The molecule has 2 N–H and O–H groups in total.